The smallest absolute Gasteiger partial charge is 0.0400 e. The molecule has 98 valence electrons. The number of nitrogen functional groups attached to an aromatic ring is 1. The molecule has 21 heavy (non-hydrogen) atoms. The number of rotatable bonds is 0. The number of benzene rings is 4. The summed E-state index contributed by atoms with van der Waals surface area (Å²) in [7, 11) is 0. The molecule has 1 heteroatoms. The minimum atomic E-state index is 0.861. The van der Waals surface area contributed by atoms with Crippen molar-refractivity contribution in [3.05, 3.63) is 66.7 Å². The summed E-state index contributed by atoms with van der Waals surface area (Å²) in [6.07, 6.45) is 0. The maximum atomic E-state index is 6.32. The molecule has 0 aliphatic heterocycles. The van der Waals surface area contributed by atoms with E-state index in [0.717, 1.165) is 5.69 Å². The predicted molar refractivity (Wildman–Crippen MR) is 90.3 cm³/mol. The van der Waals surface area contributed by atoms with E-state index >= 15 is 0 Å². The average Bonchev–Trinajstić information content (AvgIpc) is 2.85. The van der Waals surface area contributed by atoms with Gasteiger partial charge in [-0.1, -0.05) is 54.6 Å². The van der Waals surface area contributed by atoms with Gasteiger partial charge in [-0.25, -0.2) is 0 Å². The van der Waals surface area contributed by atoms with Crippen molar-refractivity contribution in [1.82, 2.24) is 0 Å². The molecule has 0 saturated heterocycles. The molecule has 0 aromatic heterocycles. The highest BCUT2D eigenvalue weighted by Crippen LogP contribution is 2.50. The van der Waals surface area contributed by atoms with Crippen molar-refractivity contribution < 1.29 is 0 Å². The summed E-state index contributed by atoms with van der Waals surface area (Å²) < 4.78 is 0. The summed E-state index contributed by atoms with van der Waals surface area (Å²) in [5, 5.41) is 4.98. The number of hydrogen-bond donors (Lipinski definition) is 1. The first-order valence-electron chi connectivity index (χ1n) is 7.18. The average molecular weight is 267 g/mol. The van der Waals surface area contributed by atoms with Crippen molar-refractivity contribution in [1.29, 1.82) is 0 Å². The van der Waals surface area contributed by atoms with E-state index in [1.54, 1.807) is 0 Å². The molecule has 0 spiro atoms. The maximum Gasteiger partial charge on any atom is 0.0400 e. The second-order valence-electron chi connectivity index (χ2n) is 5.64. The SMILES string of the molecule is Nc1ccc2c3c(cc4ccccc4c13)-c1ccccc1-2. The van der Waals surface area contributed by atoms with Crippen LogP contribution in [0.25, 0.3) is 43.8 Å². The summed E-state index contributed by atoms with van der Waals surface area (Å²) >= 11 is 0. The minimum absolute atomic E-state index is 0.861. The first-order chi connectivity index (χ1) is 10.3. The molecule has 0 heterocycles. The molecule has 1 nitrogen and oxygen atoms in total. The normalized spacial score (nSPS) is 12.0. The molecular weight excluding hydrogens is 254 g/mol. The van der Waals surface area contributed by atoms with Gasteiger partial charge in [0.25, 0.3) is 0 Å². The molecule has 4 aromatic rings. The van der Waals surface area contributed by atoms with Gasteiger partial charge in [0.1, 0.15) is 0 Å². The van der Waals surface area contributed by atoms with E-state index in [1.165, 1.54) is 43.8 Å². The van der Waals surface area contributed by atoms with E-state index in [-0.39, 0.29) is 0 Å². The fourth-order valence-corrected chi connectivity index (χ4v) is 3.66. The Morgan fingerprint density at radius 1 is 0.571 bits per heavy atom. The van der Waals surface area contributed by atoms with Crippen molar-refractivity contribution in [3.63, 3.8) is 0 Å². The Balaban J connectivity index is 2.14. The van der Waals surface area contributed by atoms with Crippen LogP contribution in [-0.2, 0) is 0 Å². The van der Waals surface area contributed by atoms with Crippen LogP contribution in [0.1, 0.15) is 0 Å². The van der Waals surface area contributed by atoms with Gasteiger partial charge in [0.15, 0.2) is 0 Å². The highest BCUT2D eigenvalue weighted by molar-refractivity contribution is 6.26. The lowest BCUT2D eigenvalue weighted by molar-refractivity contribution is 1.70. The van der Waals surface area contributed by atoms with Crippen molar-refractivity contribution in [2.45, 2.75) is 0 Å². The molecule has 0 fully saturated rings. The Morgan fingerprint density at radius 2 is 1.29 bits per heavy atom. The summed E-state index contributed by atoms with van der Waals surface area (Å²) in [5.41, 5.74) is 12.4. The first-order valence-corrected chi connectivity index (χ1v) is 7.18. The van der Waals surface area contributed by atoms with E-state index in [2.05, 4.69) is 60.7 Å². The van der Waals surface area contributed by atoms with E-state index in [0.29, 0.717) is 0 Å². The zero-order chi connectivity index (χ0) is 14.0. The van der Waals surface area contributed by atoms with Crippen molar-refractivity contribution in [3.8, 4) is 22.3 Å². The quantitative estimate of drug-likeness (QED) is 0.302. The third kappa shape index (κ3) is 1.26. The molecule has 4 aromatic carbocycles. The van der Waals surface area contributed by atoms with Gasteiger partial charge in [0, 0.05) is 16.5 Å². The highest BCUT2D eigenvalue weighted by Gasteiger charge is 2.23. The van der Waals surface area contributed by atoms with E-state index in [4.69, 9.17) is 5.73 Å². The number of nitrogens with two attached hydrogens (primary N) is 1. The number of fused-ring (bicyclic) bond motifs is 5. The zero-order valence-corrected chi connectivity index (χ0v) is 11.4. The Morgan fingerprint density at radius 3 is 2.14 bits per heavy atom. The standard InChI is InChI=1S/C20H13N/c21-18-10-9-16-14-7-3-4-8-15(14)17-11-12-5-1-2-6-13(12)20(18)19(16)17/h1-11H,21H2. The molecule has 0 bridgehead atoms. The van der Waals surface area contributed by atoms with Crippen LogP contribution < -0.4 is 5.73 Å². The van der Waals surface area contributed by atoms with Gasteiger partial charge in [-0.05, 0) is 45.2 Å². The zero-order valence-electron chi connectivity index (χ0n) is 11.4. The van der Waals surface area contributed by atoms with Crippen LogP contribution in [0.4, 0.5) is 5.69 Å². The van der Waals surface area contributed by atoms with Gasteiger partial charge in [-0.15, -0.1) is 0 Å². The topological polar surface area (TPSA) is 26.0 Å². The monoisotopic (exact) mass is 267 g/mol. The van der Waals surface area contributed by atoms with Crippen LogP contribution in [-0.4, -0.2) is 0 Å². The summed E-state index contributed by atoms with van der Waals surface area (Å²) in [4.78, 5) is 0. The third-order valence-electron chi connectivity index (χ3n) is 4.54. The first kappa shape index (κ1) is 10.9. The van der Waals surface area contributed by atoms with Gasteiger partial charge < -0.3 is 5.73 Å². The second-order valence-corrected chi connectivity index (χ2v) is 5.64. The van der Waals surface area contributed by atoms with Crippen LogP contribution in [0.15, 0.2) is 66.7 Å². The molecule has 2 N–H and O–H groups in total. The molecule has 0 unspecified atom stereocenters. The van der Waals surface area contributed by atoms with Crippen molar-refractivity contribution in [2.24, 2.45) is 0 Å². The van der Waals surface area contributed by atoms with Crippen LogP contribution in [0.5, 0.6) is 0 Å². The summed E-state index contributed by atoms with van der Waals surface area (Å²) in [6, 6.07) is 23.6. The Kier molecular flexibility index (Phi) is 1.90. The Labute approximate surface area is 122 Å². The molecule has 0 saturated carbocycles. The number of anilines is 1. The van der Waals surface area contributed by atoms with Crippen molar-refractivity contribution >= 4 is 27.2 Å². The Hall–Kier alpha value is -2.80. The van der Waals surface area contributed by atoms with Crippen LogP contribution in [0.3, 0.4) is 0 Å². The van der Waals surface area contributed by atoms with Crippen molar-refractivity contribution in [2.75, 3.05) is 5.73 Å². The third-order valence-corrected chi connectivity index (χ3v) is 4.54. The van der Waals surface area contributed by atoms with Crippen LogP contribution >= 0.6 is 0 Å². The fourth-order valence-electron chi connectivity index (χ4n) is 3.66. The fraction of sp³-hybridized carbons (Fsp3) is 0. The molecule has 5 rings (SSSR count). The molecule has 0 atom stereocenters. The molecule has 1 aliphatic carbocycles. The van der Waals surface area contributed by atoms with Gasteiger partial charge in [-0.2, -0.15) is 0 Å². The minimum Gasteiger partial charge on any atom is -0.398 e. The molecular formula is C20H13N. The lowest BCUT2D eigenvalue weighted by atomic mass is 9.95. The molecule has 1 aliphatic rings. The maximum absolute atomic E-state index is 6.32. The van der Waals surface area contributed by atoms with Gasteiger partial charge in [0.2, 0.25) is 0 Å². The van der Waals surface area contributed by atoms with E-state index in [9.17, 15) is 0 Å². The van der Waals surface area contributed by atoms with E-state index in [1.807, 2.05) is 6.07 Å². The van der Waals surface area contributed by atoms with Gasteiger partial charge in [-0.3, -0.25) is 0 Å². The lowest BCUT2D eigenvalue weighted by Crippen LogP contribution is -1.89. The molecule has 0 amide bonds. The van der Waals surface area contributed by atoms with Crippen LogP contribution in [0, 0.1) is 0 Å². The number of hydrogen-bond acceptors (Lipinski definition) is 1. The van der Waals surface area contributed by atoms with Gasteiger partial charge >= 0.3 is 0 Å². The second kappa shape index (κ2) is 3.64. The highest BCUT2D eigenvalue weighted by atomic mass is 14.6. The van der Waals surface area contributed by atoms with E-state index < -0.39 is 0 Å². The van der Waals surface area contributed by atoms with Gasteiger partial charge in [0.05, 0.1) is 0 Å². The summed E-state index contributed by atoms with van der Waals surface area (Å²) in [6.45, 7) is 0. The molecule has 0 radical (unpaired) electrons. The Bertz CT molecular complexity index is 1040. The largest absolute Gasteiger partial charge is 0.398 e. The predicted octanol–water partition coefficient (Wildman–Crippen LogP) is 5.22. The lowest BCUT2D eigenvalue weighted by Gasteiger charge is -2.09. The van der Waals surface area contributed by atoms with Crippen LogP contribution in [0.2, 0.25) is 0 Å². The summed E-state index contributed by atoms with van der Waals surface area (Å²) in [5.74, 6) is 0.